The van der Waals surface area contributed by atoms with Crippen molar-refractivity contribution in [3.63, 3.8) is 0 Å². The van der Waals surface area contributed by atoms with E-state index in [0.717, 1.165) is 31.2 Å². The number of fused-ring (bicyclic) bond motifs is 1. The number of benzene rings is 1. The van der Waals surface area contributed by atoms with Gasteiger partial charge in [-0.3, -0.25) is 0 Å². The zero-order valence-corrected chi connectivity index (χ0v) is 11.0. The van der Waals surface area contributed by atoms with E-state index >= 15 is 0 Å². The maximum Gasteiger partial charge on any atom is 0.127 e. The molecule has 2 atom stereocenters. The van der Waals surface area contributed by atoms with E-state index in [9.17, 15) is 4.39 Å². The maximum atomic E-state index is 13.3. The number of nitrogens with two attached hydrogens (primary N) is 1. The molecule has 1 unspecified atom stereocenters. The first-order valence-corrected chi connectivity index (χ1v) is 6.63. The molecule has 18 heavy (non-hydrogen) atoms. The zero-order valence-electron chi connectivity index (χ0n) is 11.0. The summed E-state index contributed by atoms with van der Waals surface area (Å²) in [6.45, 7) is 4.52. The molecule has 0 amide bonds. The Morgan fingerprint density at radius 2 is 2.11 bits per heavy atom. The molecule has 1 aliphatic heterocycles. The van der Waals surface area contributed by atoms with E-state index in [0.29, 0.717) is 11.2 Å². The molecule has 0 radical (unpaired) electrons. The van der Waals surface area contributed by atoms with Gasteiger partial charge in [0.2, 0.25) is 0 Å². The summed E-state index contributed by atoms with van der Waals surface area (Å²) in [5, 5.41) is 0. The number of ether oxygens (including phenoxy) is 1. The molecule has 1 aliphatic carbocycles. The van der Waals surface area contributed by atoms with Crippen molar-refractivity contribution in [2.75, 3.05) is 0 Å². The van der Waals surface area contributed by atoms with Crippen molar-refractivity contribution in [2.24, 2.45) is 11.1 Å². The van der Waals surface area contributed by atoms with Crippen molar-refractivity contribution in [2.45, 2.75) is 51.2 Å². The molecule has 1 aromatic carbocycles. The molecule has 1 saturated carbocycles. The van der Waals surface area contributed by atoms with Crippen LogP contribution in [0.3, 0.4) is 0 Å². The summed E-state index contributed by atoms with van der Waals surface area (Å²) in [6, 6.07) is 4.64. The van der Waals surface area contributed by atoms with Crippen molar-refractivity contribution < 1.29 is 9.13 Å². The smallest absolute Gasteiger partial charge is 0.127 e. The number of rotatable bonds is 0. The van der Waals surface area contributed by atoms with Gasteiger partial charge in [-0.1, -0.05) is 19.9 Å². The second-order valence-corrected chi connectivity index (χ2v) is 6.62. The first-order valence-electron chi connectivity index (χ1n) is 6.63. The summed E-state index contributed by atoms with van der Waals surface area (Å²) in [6.07, 6.45) is 4.01. The van der Waals surface area contributed by atoms with Crippen molar-refractivity contribution >= 4 is 0 Å². The zero-order chi connectivity index (χ0) is 13.0. The quantitative estimate of drug-likeness (QED) is 0.763. The van der Waals surface area contributed by atoms with Gasteiger partial charge in [0, 0.05) is 24.1 Å². The van der Waals surface area contributed by atoms with Crippen LogP contribution >= 0.6 is 0 Å². The standard InChI is InChI=1S/C15H20FNO/c1-14(2)5-6-15(9-14)8-12(17)11-4-3-10(16)7-13(11)18-15/h3-4,7,12H,5-6,8-9,17H2,1-2H3/t12-,15?/m0/s1. The average molecular weight is 249 g/mol. The predicted octanol–water partition coefficient (Wildman–Crippen LogP) is 3.56. The van der Waals surface area contributed by atoms with Gasteiger partial charge in [-0.15, -0.1) is 0 Å². The minimum atomic E-state index is -0.254. The Morgan fingerprint density at radius 3 is 2.78 bits per heavy atom. The van der Waals surface area contributed by atoms with Crippen LogP contribution < -0.4 is 10.5 Å². The lowest BCUT2D eigenvalue weighted by Crippen LogP contribution is -2.41. The molecule has 1 heterocycles. The Kier molecular flexibility index (Phi) is 2.46. The molecular formula is C15H20FNO. The van der Waals surface area contributed by atoms with Gasteiger partial charge in [0.15, 0.2) is 0 Å². The molecule has 2 N–H and O–H groups in total. The van der Waals surface area contributed by atoms with Crippen LogP contribution in [0.4, 0.5) is 4.39 Å². The molecule has 0 aromatic heterocycles. The van der Waals surface area contributed by atoms with Crippen molar-refractivity contribution in [1.29, 1.82) is 0 Å². The molecule has 3 heteroatoms. The van der Waals surface area contributed by atoms with E-state index in [1.807, 2.05) is 0 Å². The molecule has 3 rings (SSSR count). The van der Waals surface area contributed by atoms with Crippen LogP contribution in [0.15, 0.2) is 18.2 Å². The average Bonchev–Trinajstić information content (AvgIpc) is 2.53. The summed E-state index contributed by atoms with van der Waals surface area (Å²) in [7, 11) is 0. The fraction of sp³-hybridized carbons (Fsp3) is 0.600. The molecule has 0 bridgehead atoms. The van der Waals surface area contributed by atoms with Gasteiger partial charge in [-0.2, -0.15) is 0 Å². The lowest BCUT2D eigenvalue weighted by molar-refractivity contribution is 0.0328. The third kappa shape index (κ3) is 1.91. The summed E-state index contributed by atoms with van der Waals surface area (Å²) in [4.78, 5) is 0. The van der Waals surface area contributed by atoms with E-state index in [4.69, 9.17) is 10.5 Å². The van der Waals surface area contributed by atoms with E-state index in [2.05, 4.69) is 13.8 Å². The normalized spacial score (nSPS) is 33.2. The van der Waals surface area contributed by atoms with Crippen molar-refractivity contribution in [3.05, 3.63) is 29.6 Å². The highest BCUT2D eigenvalue weighted by molar-refractivity contribution is 5.39. The predicted molar refractivity (Wildman–Crippen MR) is 68.9 cm³/mol. The van der Waals surface area contributed by atoms with Gasteiger partial charge in [-0.25, -0.2) is 4.39 Å². The number of halogens is 1. The Balaban J connectivity index is 1.96. The second-order valence-electron chi connectivity index (χ2n) is 6.62. The fourth-order valence-corrected chi connectivity index (χ4v) is 3.57. The van der Waals surface area contributed by atoms with Crippen LogP contribution in [0, 0.1) is 11.2 Å². The fourth-order valence-electron chi connectivity index (χ4n) is 3.57. The third-order valence-electron chi connectivity index (χ3n) is 4.35. The van der Waals surface area contributed by atoms with Gasteiger partial charge in [0.25, 0.3) is 0 Å². The summed E-state index contributed by atoms with van der Waals surface area (Å²) in [5.41, 5.74) is 7.29. The molecule has 2 aliphatic rings. The molecule has 98 valence electrons. The topological polar surface area (TPSA) is 35.2 Å². The van der Waals surface area contributed by atoms with Crippen LogP contribution in [-0.2, 0) is 0 Å². The van der Waals surface area contributed by atoms with Gasteiger partial charge >= 0.3 is 0 Å². The number of hydrogen-bond acceptors (Lipinski definition) is 2. The van der Waals surface area contributed by atoms with Gasteiger partial charge in [0.05, 0.1) is 0 Å². The SMILES string of the molecule is CC1(C)CCC2(C[C@H](N)c3ccc(F)cc3O2)C1. The Labute approximate surface area is 107 Å². The Hall–Kier alpha value is -1.09. The summed E-state index contributed by atoms with van der Waals surface area (Å²) in [5.74, 6) is 0.390. The van der Waals surface area contributed by atoms with Crippen LogP contribution in [-0.4, -0.2) is 5.60 Å². The second kappa shape index (κ2) is 3.70. The molecule has 1 fully saturated rings. The van der Waals surface area contributed by atoms with E-state index in [-0.39, 0.29) is 17.5 Å². The highest BCUT2D eigenvalue weighted by atomic mass is 19.1. The minimum absolute atomic E-state index is 0.0387. The van der Waals surface area contributed by atoms with Gasteiger partial charge in [-0.05, 0) is 30.7 Å². The first kappa shape index (κ1) is 12.0. The first-order chi connectivity index (χ1) is 8.39. The van der Waals surface area contributed by atoms with E-state index < -0.39 is 0 Å². The molecular weight excluding hydrogens is 229 g/mol. The maximum absolute atomic E-state index is 13.3. The van der Waals surface area contributed by atoms with E-state index in [1.54, 1.807) is 6.07 Å². The van der Waals surface area contributed by atoms with Gasteiger partial charge in [0.1, 0.15) is 17.2 Å². The Morgan fingerprint density at radius 1 is 1.33 bits per heavy atom. The van der Waals surface area contributed by atoms with Gasteiger partial charge < -0.3 is 10.5 Å². The largest absolute Gasteiger partial charge is 0.487 e. The van der Waals surface area contributed by atoms with Crippen LogP contribution in [0.5, 0.6) is 5.75 Å². The molecule has 2 nitrogen and oxygen atoms in total. The van der Waals surface area contributed by atoms with Crippen LogP contribution in [0.2, 0.25) is 0 Å². The van der Waals surface area contributed by atoms with Crippen LogP contribution in [0.25, 0.3) is 0 Å². The summed E-state index contributed by atoms with van der Waals surface area (Å²) >= 11 is 0. The minimum Gasteiger partial charge on any atom is -0.487 e. The third-order valence-corrected chi connectivity index (χ3v) is 4.35. The lowest BCUT2D eigenvalue weighted by Gasteiger charge is -2.39. The van der Waals surface area contributed by atoms with Crippen molar-refractivity contribution in [1.82, 2.24) is 0 Å². The molecule has 0 saturated heterocycles. The molecule has 1 aromatic rings. The summed E-state index contributed by atoms with van der Waals surface area (Å²) < 4.78 is 19.5. The lowest BCUT2D eigenvalue weighted by atomic mass is 9.83. The monoisotopic (exact) mass is 249 g/mol. The highest BCUT2D eigenvalue weighted by Crippen LogP contribution is 2.52. The van der Waals surface area contributed by atoms with Crippen LogP contribution in [0.1, 0.15) is 51.1 Å². The number of hydrogen-bond donors (Lipinski definition) is 1. The van der Waals surface area contributed by atoms with Crippen molar-refractivity contribution in [3.8, 4) is 5.75 Å². The Bertz CT molecular complexity index is 485. The van der Waals surface area contributed by atoms with E-state index in [1.165, 1.54) is 12.1 Å². The molecule has 1 spiro atoms. The highest BCUT2D eigenvalue weighted by Gasteiger charge is 2.48.